The number of ether oxygens (including phenoxy) is 1. The second-order valence-corrected chi connectivity index (χ2v) is 5.60. The molecule has 0 fully saturated rings. The summed E-state index contributed by atoms with van der Waals surface area (Å²) in [7, 11) is 0. The maximum Gasteiger partial charge on any atom is 0.268 e. The summed E-state index contributed by atoms with van der Waals surface area (Å²) in [4.78, 5) is 14.5. The predicted octanol–water partition coefficient (Wildman–Crippen LogP) is 3.57. The SMILES string of the molecule is C[C@H](Oc1ccc(F)cc1)C(=O)N1c2ccccc2C[C@@H]1C. The van der Waals surface area contributed by atoms with E-state index in [0.29, 0.717) is 5.75 Å². The Morgan fingerprint density at radius 2 is 1.91 bits per heavy atom. The molecule has 2 atom stereocenters. The van der Waals surface area contributed by atoms with Gasteiger partial charge in [0.25, 0.3) is 5.91 Å². The number of halogens is 1. The van der Waals surface area contributed by atoms with Crippen LogP contribution in [0.1, 0.15) is 19.4 Å². The second-order valence-electron chi connectivity index (χ2n) is 5.60. The Bertz CT molecular complexity index is 684. The molecule has 3 rings (SSSR count). The predicted molar refractivity (Wildman–Crippen MR) is 83.6 cm³/mol. The number of hydrogen-bond acceptors (Lipinski definition) is 2. The minimum atomic E-state index is -0.626. The summed E-state index contributed by atoms with van der Waals surface area (Å²) in [5.41, 5.74) is 2.13. The van der Waals surface area contributed by atoms with Gasteiger partial charge >= 0.3 is 0 Å². The zero-order valence-corrected chi connectivity index (χ0v) is 12.6. The first-order chi connectivity index (χ1) is 10.6. The number of carbonyl (C=O) groups is 1. The number of anilines is 1. The van der Waals surface area contributed by atoms with Crippen LogP contribution >= 0.6 is 0 Å². The van der Waals surface area contributed by atoms with Gasteiger partial charge in [0.05, 0.1) is 0 Å². The quantitative estimate of drug-likeness (QED) is 0.867. The average Bonchev–Trinajstić information content (AvgIpc) is 2.84. The van der Waals surface area contributed by atoms with Crippen LogP contribution in [0, 0.1) is 5.82 Å². The van der Waals surface area contributed by atoms with Crippen molar-refractivity contribution in [3.63, 3.8) is 0 Å². The van der Waals surface area contributed by atoms with Gasteiger partial charge < -0.3 is 9.64 Å². The minimum Gasteiger partial charge on any atom is -0.481 e. The lowest BCUT2D eigenvalue weighted by Gasteiger charge is -2.26. The largest absolute Gasteiger partial charge is 0.481 e. The molecule has 0 unspecified atom stereocenters. The highest BCUT2D eigenvalue weighted by Gasteiger charge is 2.33. The fourth-order valence-corrected chi connectivity index (χ4v) is 2.86. The van der Waals surface area contributed by atoms with Crippen LogP contribution in [0.4, 0.5) is 10.1 Å². The van der Waals surface area contributed by atoms with Gasteiger partial charge in [-0.2, -0.15) is 0 Å². The van der Waals surface area contributed by atoms with E-state index in [0.717, 1.165) is 12.1 Å². The van der Waals surface area contributed by atoms with Crippen LogP contribution in [0.2, 0.25) is 0 Å². The van der Waals surface area contributed by atoms with Gasteiger partial charge in [-0.25, -0.2) is 4.39 Å². The fraction of sp³-hybridized carbons (Fsp3) is 0.278. The summed E-state index contributed by atoms with van der Waals surface area (Å²) >= 11 is 0. The molecular formula is C18H18FNO2. The lowest BCUT2D eigenvalue weighted by atomic mass is 10.1. The van der Waals surface area contributed by atoms with Gasteiger partial charge in [0, 0.05) is 11.7 Å². The summed E-state index contributed by atoms with van der Waals surface area (Å²) in [6.45, 7) is 3.75. The van der Waals surface area contributed by atoms with Crippen molar-refractivity contribution in [1.82, 2.24) is 0 Å². The van der Waals surface area contributed by atoms with Crippen molar-refractivity contribution in [3.05, 3.63) is 59.9 Å². The molecule has 0 aromatic heterocycles. The molecule has 0 spiro atoms. The van der Waals surface area contributed by atoms with Gasteiger partial charge in [-0.05, 0) is 56.2 Å². The highest BCUT2D eigenvalue weighted by atomic mass is 19.1. The van der Waals surface area contributed by atoms with E-state index in [-0.39, 0.29) is 17.8 Å². The Hall–Kier alpha value is -2.36. The minimum absolute atomic E-state index is 0.0817. The van der Waals surface area contributed by atoms with Crippen molar-refractivity contribution in [3.8, 4) is 5.75 Å². The van der Waals surface area contributed by atoms with Crippen molar-refractivity contribution >= 4 is 11.6 Å². The number of fused-ring (bicyclic) bond motifs is 1. The van der Waals surface area contributed by atoms with Gasteiger partial charge in [-0.3, -0.25) is 4.79 Å². The first-order valence-electron chi connectivity index (χ1n) is 7.39. The zero-order valence-electron chi connectivity index (χ0n) is 12.6. The van der Waals surface area contributed by atoms with E-state index < -0.39 is 6.10 Å². The number of benzene rings is 2. The molecule has 22 heavy (non-hydrogen) atoms. The van der Waals surface area contributed by atoms with Crippen LogP contribution in [0.3, 0.4) is 0 Å². The van der Waals surface area contributed by atoms with Crippen LogP contribution in [-0.4, -0.2) is 18.1 Å². The normalized spacial score (nSPS) is 18.0. The molecule has 0 aliphatic carbocycles. The molecule has 0 saturated heterocycles. The van der Waals surface area contributed by atoms with Crippen molar-refractivity contribution in [1.29, 1.82) is 0 Å². The molecule has 1 aliphatic heterocycles. The first-order valence-corrected chi connectivity index (χ1v) is 7.39. The zero-order chi connectivity index (χ0) is 15.7. The molecule has 4 heteroatoms. The smallest absolute Gasteiger partial charge is 0.268 e. The molecule has 0 bridgehead atoms. The number of nitrogens with zero attached hydrogens (tertiary/aromatic N) is 1. The number of amides is 1. The Labute approximate surface area is 129 Å². The molecular weight excluding hydrogens is 281 g/mol. The van der Waals surface area contributed by atoms with Crippen LogP contribution in [0.25, 0.3) is 0 Å². The van der Waals surface area contributed by atoms with Gasteiger partial charge in [0.2, 0.25) is 0 Å². The van der Waals surface area contributed by atoms with E-state index in [9.17, 15) is 9.18 Å². The van der Waals surface area contributed by atoms with E-state index in [2.05, 4.69) is 0 Å². The Balaban J connectivity index is 1.77. The van der Waals surface area contributed by atoms with Gasteiger partial charge in [-0.1, -0.05) is 18.2 Å². The van der Waals surface area contributed by atoms with Gasteiger partial charge in [-0.15, -0.1) is 0 Å². The topological polar surface area (TPSA) is 29.5 Å². The molecule has 1 amide bonds. The highest BCUT2D eigenvalue weighted by molar-refractivity contribution is 5.99. The number of carbonyl (C=O) groups excluding carboxylic acids is 1. The Kier molecular flexibility index (Phi) is 3.84. The number of hydrogen-bond donors (Lipinski definition) is 0. The molecule has 0 radical (unpaired) electrons. The summed E-state index contributed by atoms with van der Waals surface area (Å²) in [5, 5.41) is 0. The molecule has 114 valence electrons. The molecule has 2 aromatic rings. The molecule has 1 heterocycles. The summed E-state index contributed by atoms with van der Waals surface area (Å²) in [6.07, 6.45) is 0.226. The summed E-state index contributed by atoms with van der Waals surface area (Å²) in [5.74, 6) is 0.0811. The summed E-state index contributed by atoms with van der Waals surface area (Å²) < 4.78 is 18.6. The maximum atomic E-state index is 12.9. The van der Waals surface area contributed by atoms with Crippen molar-refractivity contribution in [2.24, 2.45) is 0 Å². The number of para-hydroxylation sites is 1. The molecule has 2 aromatic carbocycles. The van der Waals surface area contributed by atoms with Crippen molar-refractivity contribution < 1.29 is 13.9 Å². The first kappa shape index (κ1) is 14.6. The molecule has 0 N–H and O–H groups in total. The number of rotatable bonds is 3. The van der Waals surface area contributed by atoms with Crippen LogP contribution in [-0.2, 0) is 11.2 Å². The van der Waals surface area contributed by atoms with Crippen molar-refractivity contribution in [2.75, 3.05) is 4.90 Å². The van der Waals surface area contributed by atoms with Gasteiger partial charge in [0.1, 0.15) is 11.6 Å². The standard InChI is InChI=1S/C18H18FNO2/c1-12-11-14-5-3-4-6-17(14)20(12)18(21)13(2)22-16-9-7-15(19)8-10-16/h3-10,12-13H,11H2,1-2H3/t12-,13-/m0/s1. The third-order valence-corrected chi connectivity index (χ3v) is 3.92. The van der Waals surface area contributed by atoms with E-state index in [1.807, 2.05) is 31.2 Å². The average molecular weight is 299 g/mol. The Morgan fingerprint density at radius 3 is 2.64 bits per heavy atom. The van der Waals surface area contributed by atoms with Crippen LogP contribution < -0.4 is 9.64 Å². The summed E-state index contributed by atoms with van der Waals surface area (Å²) in [6, 6.07) is 13.7. The monoisotopic (exact) mass is 299 g/mol. The maximum absolute atomic E-state index is 12.9. The lowest BCUT2D eigenvalue weighted by Crippen LogP contribution is -2.43. The van der Waals surface area contributed by atoms with E-state index in [4.69, 9.17) is 4.74 Å². The molecule has 3 nitrogen and oxygen atoms in total. The van der Waals surface area contributed by atoms with Crippen LogP contribution in [0.15, 0.2) is 48.5 Å². The van der Waals surface area contributed by atoms with Crippen LogP contribution in [0.5, 0.6) is 5.75 Å². The molecule has 1 aliphatic rings. The van der Waals surface area contributed by atoms with Crippen molar-refractivity contribution in [2.45, 2.75) is 32.4 Å². The third-order valence-electron chi connectivity index (χ3n) is 3.92. The van der Waals surface area contributed by atoms with E-state index in [1.54, 1.807) is 11.8 Å². The highest BCUT2D eigenvalue weighted by Crippen LogP contribution is 2.32. The lowest BCUT2D eigenvalue weighted by molar-refractivity contribution is -0.124. The Morgan fingerprint density at radius 1 is 1.23 bits per heavy atom. The van der Waals surface area contributed by atoms with E-state index in [1.165, 1.54) is 29.8 Å². The fourth-order valence-electron chi connectivity index (χ4n) is 2.86. The molecule has 0 saturated carbocycles. The van der Waals surface area contributed by atoms with E-state index >= 15 is 0 Å². The van der Waals surface area contributed by atoms with Gasteiger partial charge in [0.15, 0.2) is 6.10 Å². The third kappa shape index (κ3) is 2.69. The second kappa shape index (κ2) is 5.79.